The lowest BCUT2D eigenvalue weighted by atomic mass is 10.1. The average Bonchev–Trinajstić information content (AvgIpc) is 2.90. The van der Waals surface area contributed by atoms with Crippen LogP contribution < -0.4 is 16.6 Å². The number of benzene rings is 1. The Labute approximate surface area is 120 Å². The molecular formula is C14H16FN3OS. The van der Waals surface area contributed by atoms with Gasteiger partial charge >= 0.3 is 0 Å². The predicted molar refractivity (Wildman–Crippen MR) is 79.2 cm³/mol. The highest BCUT2D eigenvalue weighted by Crippen LogP contribution is 2.18. The quantitative estimate of drug-likeness (QED) is 0.586. The monoisotopic (exact) mass is 293 g/mol. The van der Waals surface area contributed by atoms with Crippen LogP contribution in [0.5, 0.6) is 0 Å². The van der Waals surface area contributed by atoms with Crippen LogP contribution in [0, 0.1) is 5.82 Å². The molecule has 0 radical (unpaired) electrons. The van der Waals surface area contributed by atoms with Gasteiger partial charge in [0.25, 0.3) is 5.91 Å². The minimum absolute atomic E-state index is 0.00716. The van der Waals surface area contributed by atoms with Crippen molar-refractivity contribution in [1.29, 1.82) is 0 Å². The summed E-state index contributed by atoms with van der Waals surface area (Å²) >= 11 is 1.62. The van der Waals surface area contributed by atoms with Crippen molar-refractivity contribution in [2.45, 2.75) is 19.4 Å². The Morgan fingerprint density at radius 1 is 1.45 bits per heavy atom. The maximum Gasteiger partial charge on any atom is 0.253 e. The van der Waals surface area contributed by atoms with E-state index >= 15 is 0 Å². The van der Waals surface area contributed by atoms with E-state index in [0.717, 1.165) is 6.42 Å². The number of para-hydroxylation sites is 1. The van der Waals surface area contributed by atoms with Crippen molar-refractivity contribution in [3.05, 3.63) is 52.0 Å². The second-order valence-corrected chi connectivity index (χ2v) is 5.30. The van der Waals surface area contributed by atoms with E-state index in [-0.39, 0.29) is 23.2 Å². The fourth-order valence-electron chi connectivity index (χ4n) is 1.97. The maximum atomic E-state index is 13.5. The number of nitrogens with one attached hydrogen (secondary N) is 2. The highest BCUT2D eigenvalue weighted by Gasteiger charge is 2.16. The van der Waals surface area contributed by atoms with Crippen LogP contribution in [0.1, 0.15) is 22.8 Å². The molecule has 0 aliphatic heterocycles. The number of hydrogen-bond donors (Lipinski definition) is 3. The Morgan fingerprint density at radius 3 is 2.90 bits per heavy atom. The van der Waals surface area contributed by atoms with Crippen molar-refractivity contribution >= 4 is 22.9 Å². The molecule has 1 atom stereocenters. The molecule has 1 aromatic heterocycles. The first-order valence-corrected chi connectivity index (χ1v) is 7.13. The summed E-state index contributed by atoms with van der Waals surface area (Å²) in [4.78, 5) is 12.1. The summed E-state index contributed by atoms with van der Waals surface area (Å²) in [5.41, 5.74) is 3.60. The van der Waals surface area contributed by atoms with Gasteiger partial charge in [-0.3, -0.25) is 10.6 Å². The van der Waals surface area contributed by atoms with Gasteiger partial charge in [0.1, 0.15) is 5.82 Å². The molecule has 0 saturated carbocycles. The van der Waals surface area contributed by atoms with Gasteiger partial charge in [0.2, 0.25) is 0 Å². The van der Waals surface area contributed by atoms with Gasteiger partial charge in [0, 0.05) is 6.04 Å². The van der Waals surface area contributed by atoms with Gasteiger partial charge < -0.3 is 10.7 Å². The minimum Gasteiger partial charge on any atom is -0.349 e. The molecule has 6 heteroatoms. The normalized spacial score (nSPS) is 11.9. The van der Waals surface area contributed by atoms with Crippen molar-refractivity contribution in [1.82, 2.24) is 5.32 Å². The Hall–Kier alpha value is -1.92. The number of nitrogen functional groups attached to an aromatic ring is 1. The van der Waals surface area contributed by atoms with Gasteiger partial charge in [0.15, 0.2) is 0 Å². The van der Waals surface area contributed by atoms with E-state index < -0.39 is 5.82 Å². The second kappa shape index (κ2) is 6.49. The maximum absolute atomic E-state index is 13.5. The zero-order valence-corrected chi connectivity index (χ0v) is 11.8. The third kappa shape index (κ3) is 3.34. The van der Waals surface area contributed by atoms with Crippen molar-refractivity contribution < 1.29 is 9.18 Å². The van der Waals surface area contributed by atoms with Crippen molar-refractivity contribution in [2.24, 2.45) is 5.84 Å². The number of carbonyl (C=O) groups is 1. The molecule has 0 fully saturated rings. The summed E-state index contributed by atoms with van der Waals surface area (Å²) in [6.45, 7) is 1.91. The summed E-state index contributed by atoms with van der Waals surface area (Å²) in [5.74, 6) is 4.36. The lowest BCUT2D eigenvalue weighted by Gasteiger charge is -2.15. The van der Waals surface area contributed by atoms with Gasteiger partial charge in [0.05, 0.1) is 11.3 Å². The number of amides is 1. The van der Waals surface area contributed by atoms with Gasteiger partial charge in [-0.15, -0.1) is 0 Å². The van der Waals surface area contributed by atoms with Gasteiger partial charge in [-0.05, 0) is 47.9 Å². The van der Waals surface area contributed by atoms with Crippen LogP contribution in [-0.4, -0.2) is 11.9 Å². The number of anilines is 1. The molecule has 0 aliphatic rings. The van der Waals surface area contributed by atoms with E-state index in [9.17, 15) is 9.18 Å². The summed E-state index contributed by atoms with van der Waals surface area (Å²) in [7, 11) is 0. The number of hydrazine groups is 1. The van der Waals surface area contributed by atoms with Gasteiger partial charge in [-0.1, -0.05) is 6.07 Å². The Balaban J connectivity index is 2.06. The average molecular weight is 293 g/mol. The third-order valence-electron chi connectivity index (χ3n) is 2.90. The zero-order chi connectivity index (χ0) is 14.5. The molecule has 1 aromatic carbocycles. The third-order valence-corrected chi connectivity index (χ3v) is 3.63. The summed E-state index contributed by atoms with van der Waals surface area (Å²) in [6, 6.07) is 6.23. The fourth-order valence-corrected chi connectivity index (χ4v) is 2.66. The molecule has 4 N–H and O–H groups in total. The Kier molecular flexibility index (Phi) is 4.70. The standard InChI is InChI=1S/C14H16FN3OS/c1-9(7-10-5-6-20-8-10)17-14(19)11-3-2-4-12(15)13(11)18-16/h2-6,8-9,18H,7,16H2,1H3,(H,17,19). The van der Waals surface area contributed by atoms with Crippen molar-refractivity contribution in [2.75, 3.05) is 5.43 Å². The van der Waals surface area contributed by atoms with E-state index in [1.165, 1.54) is 23.8 Å². The lowest BCUT2D eigenvalue weighted by molar-refractivity contribution is 0.0940. The number of thiophene rings is 1. The van der Waals surface area contributed by atoms with E-state index in [2.05, 4.69) is 10.7 Å². The zero-order valence-electron chi connectivity index (χ0n) is 11.0. The largest absolute Gasteiger partial charge is 0.349 e. The van der Waals surface area contributed by atoms with E-state index in [4.69, 9.17) is 5.84 Å². The molecule has 0 spiro atoms. The highest BCUT2D eigenvalue weighted by atomic mass is 32.1. The number of hydrogen-bond acceptors (Lipinski definition) is 4. The number of rotatable bonds is 5. The molecule has 2 aromatic rings. The molecule has 20 heavy (non-hydrogen) atoms. The molecule has 0 bridgehead atoms. The van der Waals surface area contributed by atoms with Gasteiger partial charge in [-0.2, -0.15) is 11.3 Å². The van der Waals surface area contributed by atoms with Crippen LogP contribution >= 0.6 is 11.3 Å². The number of halogens is 1. The molecule has 106 valence electrons. The van der Waals surface area contributed by atoms with E-state index in [0.29, 0.717) is 0 Å². The van der Waals surface area contributed by atoms with Crippen LogP contribution in [0.3, 0.4) is 0 Å². The van der Waals surface area contributed by atoms with Gasteiger partial charge in [-0.25, -0.2) is 4.39 Å². The molecule has 2 rings (SSSR count). The Bertz CT molecular complexity index is 586. The smallest absolute Gasteiger partial charge is 0.253 e. The molecular weight excluding hydrogens is 277 g/mol. The van der Waals surface area contributed by atoms with Crippen LogP contribution in [-0.2, 0) is 6.42 Å². The SMILES string of the molecule is CC(Cc1ccsc1)NC(=O)c1cccc(F)c1NN. The summed E-state index contributed by atoms with van der Waals surface area (Å²) in [6.07, 6.45) is 0.732. The molecule has 4 nitrogen and oxygen atoms in total. The summed E-state index contributed by atoms with van der Waals surface area (Å²) < 4.78 is 13.5. The molecule has 1 amide bonds. The fraction of sp³-hybridized carbons (Fsp3) is 0.214. The van der Waals surface area contributed by atoms with Crippen LogP contribution in [0.4, 0.5) is 10.1 Å². The Morgan fingerprint density at radius 2 is 2.25 bits per heavy atom. The molecule has 1 unspecified atom stereocenters. The first-order valence-electron chi connectivity index (χ1n) is 6.19. The van der Waals surface area contributed by atoms with Crippen LogP contribution in [0.15, 0.2) is 35.0 Å². The van der Waals surface area contributed by atoms with Crippen molar-refractivity contribution in [3.8, 4) is 0 Å². The number of nitrogens with two attached hydrogens (primary N) is 1. The summed E-state index contributed by atoms with van der Waals surface area (Å²) in [5, 5.41) is 6.87. The molecule has 0 saturated heterocycles. The molecule has 1 heterocycles. The second-order valence-electron chi connectivity index (χ2n) is 4.52. The number of carbonyl (C=O) groups excluding carboxylic acids is 1. The highest BCUT2D eigenvalue weighted by molar-refractivity contribution is 7.07. The van der Waals surface area contributed by atoms with E-state index in [1.54, 1.807) is 11.3 Å². The van der Waals surface area contributed by atoms with Crippen LogP contribution in [0.2, 0.25) is 0 Å². The van der Waals surface area contributed by atoms with Crippen LogP contribution in [0.25, 0.3) is 0 Å². The molecule has 0 aliphatic carbocycles. The first-order chi connectivity index (χ1) is 9.61. The topological polar surface area (TPSA) is 67.2 Å². The predicted octanol–water partition coefficient (Wildman–Crippen LogP) is 2.53. The first kappa shape index (κ1) is 14.5. The van der Waals surface area contributed by atoms with E-state index in [1.807, 2.05) is 23.8 Å². The minimum atomic E-state index is -0.550. The lowest BCUT2D eigenvalue weighted by Crippen LogP contribution is -2.34. The van der Waals surface area contributed by atoms with Crippen molar-refractivity contribution in [3.63, 3.8) is 0 Å².